The number of nitrogens with two attached hydrogens (primary N) is 2. The summed E-state index contributed by atoms with van der Waals surface area (Å²) in [6, 6.07) is 32.8. The van der Waals surface area contributed by atoms with Gasteiger partial charge in [0.25, 0.3) is 11.8 Å². The minimum atomic E-state index is -4.88. The van der Waals surface area contributed by atoms with Crippen LogP contribution in [0.5, 0.6) is 17.2 Å². The van der Waals surface area contributed by atoms with Crippen molar-refractivity contribution in [1.29, 1.82) is 0 Å². The number of aliphatic hydroxyl groups is 3. The van der Waals surface area contributed by atoms with Crippen LogP contribution in [-0.2, 0) is 36.4 Å². The second kappa shape index (κ2) is 32.0. The maximum absolute atomic E-state index is 14.9. The highest BCUT2D eigenvalue weighted by Crippen LogP contribution is 2.44. The van der Waals surface area contributed by atoms with Gasteiger partial charge in [-0.3, -0.25) is 14.4 Å². The van der Waals surface area contributed by atoms with Gasteiger partial charge in [0, 0.05) is 84.6 Å². The van der Waals surface area contributed by atoms with Crippen LogP contribution >= 0.6 is 0 Å². The number of amides is 2. The first-order valence-corrected chi connectivity index (χ1v) is 32.8. The van der Waals surface area contributed by atoms with Crippen LogP contribution in [0.3, 0.4) is 0 Å². The van der Waals surface area contributed by atoms with Gasteiger partial charge in [-0.1, -0.05) is 70.7 Å². The van der Waals surface area contributed by atoms with Crippen molar-refractivity contribution in [2.75, 3.05) is 21.3 Å². The number of hydrogen-bond donors (Lipinski definition) is 5. The van der Waals surface area contributed by atoms with Crippen molar-refractivity contribution < 1.29 is 96.6 Å². The Balaban J connectivity index is 0.000000188. The van der Waals surface area contributed by atoms with Crippen LogP contribution in [0.1, 0.15) is 120 Å². The maximum atomic E-state index is 14.9. The van der Waals surface area contributed by atoms with E-state index in [0.717, 1.165) is 18.6 Å². The number of carbonyl (C=O) groups is 3. The molecule has 0 radical (unpaired) electrons. The number of Topliss-reactive ketones (excluding diaryl/α,β-unsaturated/α-hetero) is 1. The van der Waals surface area contributed by atoms with Gasteiger partial charge in [0.1, 0.15) is 40.2 Å². The lowest BCUT2D eigenvalue weighted by molar-refractivity contribution is -0.269. The maximum Gasteiger partial charge on any atom is 0.423 e. The average Bonchev–Trinajstić information content (AvgIpc) is 1.37. The fourth-order valence-corrected chi connectivity index (χ4v) is 11.9. The largest absolute Gasteiger partial charge is 0.497 e. The van der Waals surface area contributed by atoms with Gasteiger partial charge in [0.15, 0.2) is 17.3 Å². The molecule has 32 heteroatoms. The number of fused-ring (bicyclic) bond motifs is 3. The SMILES string of the molecule is C.CCC(O)(c1cn(Cc2ccc3c(-c4ccc(OC)c(F)c4)cc(C(N)=O)nc3c2)cn1)C(F)(F)F.CCC(O)(c1cn(Cc2ccc3c(-c4ccc(OC)cc4F)cc(C(C)=O)nc3c2)cn1)C(F)(F)F.CCC(O)(c1cn(Cc2ccc3c(-c4ccc(OC)cc4F)cc(C(N)=O)nc3c2)cn1)C(F)(F)F. The molecule has 3 atom stereocenters. The number of alkyl halides is 9. The summed E-state index contributed by atoms with van der Waals surface area (Å²) in [5.41, 5.74) is 5.68. The van der Waals surface area contributed by atoms with Gasteiger partial charge in [-0.05, 0) is 131 Å². The van der Waals surface area contributed by atoms with Crippen LogP contribution in [0.25, 0.3) is 66.1 Å². The van der Waals surface area contributed by atoms with Gasteiger partial charge in [-0.15, -0.1) is 0 Å². The average molecular weight is 1520 g/mol. The van der Waals surface area contributed by atoms with Crippen LogP contribution in [0.4, 0.5) is 52.7 Å². The molecule has 6 heterocycles. The van der Waals surface area contributed by atoms with Gasteiger partial charge in [-0.25, -0.2) is 43.1 Å². The van der Waals surface area contributed by atoms with E-state index < -0.39 is 101 Å². The molecule has 6 aromatic heterocycles. The number of ether oxygens (including phenoxy) is 3. The molecule has 0 saturated carbocycles. The van der Waals surface area contributed by atoms with Crippen molar-refractivity contribution in [3.63, 3.8) is 0 Å². The number of pyridine rings is 3. The van der Waals surface area contributed by atoms with Crippen molar-refractivity contribution in [3.05, 3.63) is 233 Å². The Kier molecular flexibility index (Phi) is 23.8. The molecule has 109 heavy (non-hydrogen) atoms. The summed E-state index contributed by atoms with van der Waals surface area (Å²) in [6.45, 7) is 5.40. The van der Waals surface area contributed by atoms with E-state index in [0.29, 0.717) is 83.2 Å². The molecule has 2 amide bonds. The summed E-state index contributed by atoms with van der Waals surface area (Å²) in [5.74, 6) is -2.82. The van der Waals surface area contributed by atoms with E-state index in [9.17, 15) is 82.4 Å². The number of hydrogen-bond acceptors (Lipinski definition) is 15. The van der Waals surface area contributed by atoms with Gasteiger partial charge in [0.2, 0.25) is 16.8 Å². The lowest BCUT2D eigenvalue weighted by atomic mass is 9.96. The zero-order chi connectivity index (χ0) is 78.8. The molecule has 0 bridgehead atoms. The predicted molar refractivity (Wildman–Crippen MR) is 380 cm³/mol. The predicted octanol–water partition coefficient (Wildman–Crippen LogP) is 15.4. The number of imidazole rings is 3. The quantitative estimate of drug-likeness (QED) is 0.0330. The van der Waals surface area contributed by atoms with Crippen LogP contribution in [0.15, 0.2) is 165 Å². The summed E-state index contributed by atoms with van der Waals surface area (Å²) < 4.78 is 184. The van der Waals surface area contributed by atoms with Crippen LogP contribution in [-0.4, -0.2) is 116 Å². The van der Waals surface area contributed by atoms with E-state index in [2.05, 4.69) is 29.9 Å². The summed E-state index contributed by atoms with van der Waals surface area (Å²) in [4.78, 5) is 60.3. The van der Waals surface area contributed by atoms with Crippen molar-refractivity contribution in [3.8, 4) is 50.6 Å². The molecule has 12 rings (SSSR count). The molecule has 20 nitrogen and oxygen atoms in total. The highest BCUT2D eigenvalue weighted by molar-refractivity contribution is 6.03. The smallest absolute Gasteiger partial charge is 0.423 e. The zero-order valence-corrected chi connectivity index (χ0v) is 58.3. The first kappa shape index (κ1) is 81.3. The van der Waals surface area contributed by atoms with Gasteiger partial charge < -0.3 is 54.7 Å². The molecule has 0 aliphatic heterocycles. The molecule has 0 aliphatic rings. The summed E-state index contributed by atoms with van der Waals surface area (Å²) >= 11 is 0. The van der Waals surface area contributed by atoms with Crippen molar-refractivity contribution in [1.82, 2.24) is 43.6 Å². The molecular weight excluding hydrogens is 1450 g/mol. The number of carbonyl (C=O) groups excluding carboxylic acids is 3. The molecule has 0 aliphatic carbocycles. The molecule has 0 spiro atoms. The van der Waals surface area contributed by atoms with E-state index >= 15 is 0 Å². The number of methoxy groups -OCH3 is 3. The number of rotatable bonds is 21. The fraction of sp³-hybridized carbons (Fsp3) is 0.260. The Labute approximate surface area is 614 Å². The number of ketones is 1. The second-order valence-electron chi connectivity index (χ2n) is 25.0. The summed E-state index contributed by atoms with van der Waals surface area (Å²) in [7, 11) is 4.20. The number of halogens is 12. The van der Waals surface area contributed by atoms with Crippen LogP contribution in [0, 0.1) is 17.5 Å². The number of benzene rings is 6. The third-order valence-corrected chi connectivity index (χ3v) is 18.1. The summed E-state index contributed by atoms with van der Waals surface area (Å²) in [6.07, 6.45) is -9.36. The number of primary amides is 2. The van der Waals surface area contributed by atoms with Crippen LogP contribution in [0.2, 0.25) is 0 Å². The minimum Gasteiger partial charge on any atom is -0.497 e. The van der Waals surface area contributed by atoms with E-state index in [4.69, 9.17) is 25.7 Å². The Morgan fingerprint density at radius 2 is 0.761 bits per heavy atom. The summed E-state index contributed by atoms with van der Waals surface area (Å²) in [5, 5.41) is 32.2. The standard InChI is InChI=1S/C26H23F4N3O3.2C25H22F4N4O3.CH4/c1-4-25(35,26(28,29)30)24-13-33(14-31-24)12-16-5-7-19-20(11-22(15(2)34)32-23(19)9-16)18-8-6-17(36-3)10-21(18)27;1-3-24(35,25(27,28)29)22-12-33(13-31-22)11-14-4-6-17-18(10-21(23(30)34)32-20(17)8-14)16-7-5-15(36-2)9-19(16)26;1-3-24(35,25(27,28)29)22-12-33(13-31-22)11-14-4-6-16-17(10-20(23(30)34)32-19(16)8-14)15-5-7-21(36-2)18(26)9-15;/h5-11,13-14,35H,4,12H2,1-3H3;2*4-10,12-13,35H,3,11H2,1-2H3,(H2,30,34);1H4. The van der Waals surface area contributed by atoms with Crippen molar-refractivity contribution in [2.24, 2.45) is 11.5 Å². The molecule has 6 aromatic carbocycles. The second-order valence-corrected chi connectivity index (χ2v) is 25.0. The Hall–Kier alpha value is -11.8. The van der Waals surface area contributed by atoms with Gasteiger partial charge in [0.05, 0.1) is 73.9 Å². The lowest BCUT2D eigenvalue weighted by Crippen LogP contribution is -2.42. The zero-order valence-electron chi connectivity index (χ0n) is 58.3. The Morgan fingerprint density at radius 1 is 0.422 bits per heavy atom. The fourth-order valence-electron chi connectivity index (χ4n) is 11.9. The topological polar surface area (TPSA) is 284 Å². The Bertz CT molecular complexity index is 5170. The first-order valence-electron chi connectivity index (χ1n) is 32.8. The molecule has 0 saturated heterocycles. The number of nitrogens with zero attached hydrogens (tertiary/aromatic N) is 9. The lowest BCUT2D eigenvalue weighted by Gasteiger charge is -2.27. The normalized spacial score (nSPS) is 13.4. The molecule has 0 fully saturated rings. The van der Waals surface area contributed by atoms with Crippen LogP contribution < -0.4 is 25.7 Å². The number of aromatic nitrogens is 9. The van der Waals surface area contributed by atoms with Crippen molar-refractivity contribution in [2.45, 2.75) is 109 Å². The van der Waals surface area contributed by atoms with E-state index in [1.807, 2.05) is 0 Å². The van der Waals surface area contributed by atoms with Gasteiger partial charge >= 0.3 is 18.5 Å². The molecule has 572 valence electrons. The minimum absolute atomic E-state index is 0. The highest BCUT2D eigenvalue weighted by Gasteiger charge is 2.57. The highest BCUT2D eigenvalue weighted by atomic mass is 19.4. The molecule has 7 N–H and O–H groups in total. The third-order valence-electron chi connectivity index (χ3n) is 18.1. The monoisotopic (exact) mass is 1520 g/mol. The van der Waals surface area contributed by atoms with E-state index in [1.165, 1.54) is 130 Å². The molecule has 12 aromatic rings. The van der Waals surface area contributed by atoms with E-state index in [1.54, 1.807) is 78.9 Å². The third kappa shape index (κ3) is 16.8. The van der Waals surface area contributed by atoms with Crippen molar-refractivity contribution >= 4 is 50.3 Å². The van der Waals surface area contributed by atoms with Gasteiger partial charge in [-0.2, -0.15) is 39.5 Å². The molecular formula is C77H71F12N11O9. The van der Waals surface area contributed by atoms with E-state index in [-0.39, 0.29) is 66.8 Å². The Morgan fingerprint density at radius 3 is 1.06 bits per heavy atom. The first-order chi connectivity index (χ1) is 50.9. The molecule has 3 unspecified atom stereocenters.